The summed E-state index contributed by atoms with van der Waals surface area (Å²) < 4.78 is 10.5. The fourth-order valence-corrected chi connectivity index (χ4v) is 1.84. The second-order valence-corrected chi connectivity index (χ2v) is 5.13. The van der Waals surface area contributed by atoms with Gasteiger partial charge in [-0.15, -0.1) is 0 Å². The number of aliphatic hydroxyl groups is 1. The van der Waals surface area contributed by atoms with Crippen molar-refractivity contribution in [3.8, 4) is 5.75 Å². The van der Waals surface area contributed by atoms with Gasteiger partial charge in [0.05, 0.1) is 19.4 Å². The lowest BCUT2D eigenvalue weighted by Crippen LogP contribution is -2.34. The average Bonchev–Trinajstić information content (AvgIpc) is 2.28. The van der Waals surface area contributed by atoms with Crippen molar-refractivity contribution in [2.45, 2.75) is 33.0 Å². The first-order valence-corrected chi connectivity index (χ1v) is 5.60. The van der Waals surface area contributed by atoms with Crippen molar-refractivity contribution >= 4 is 0 Å². The number of ether oxygens (including phenoxy) is 2. The molecule has 0 aliphatic carbocycles. The Kier molecular flexibility index (Phi) is 4.48. The molecule has 0 aromatic carbocycles. The van der Waals surface area contributed by atoms with E-state index < -0.39 is 6.10 Å². The highest BCUT2D eigenvalue weighted by Crippen LogP contribution is 2.32. The van der Waals surface area contributed by atoms with E-state index in [1.54, 1.807) is 32.7 Å². The monoisotopic (exact) mass is 239 g/mol. The Bertz CT molecular complexity index is 360. The number of hydrogen-bond acceptors (Lipinski definition) is 4. The van der Waals surface area contributed by atoms with E-state index in [0.29, 0.717) is 11.3 Å². The molecule has 2 atom stereocenters. The molecule has 0 amide bonds. The third-order valence-electron chi connectivity index (χ3n) is 2.71. The van der Waals surface area contributed by atoms with Gasteiger partial charge in [0.15, 0.2) is 0 Å². The van der Waals surface area contributed by atoms with Gasteiger partial charge in [0.2, 0.25) is 0 Å². The summed E-state index contributed by atoms with van der Waals surface area (Å²) in [6.07, 6.45) is 2.22. The van der Waals surface area contributed by atoms with Crippen LogP contribution in [0.5, 0.6) is 5.75 Å². The Balaban J connectivity index is 2.97. The molecule has 17 heavy (non-hydrogen) atoms. The molecule has 2 unspecified atom stereocenters. The maximum atomic E-state index is 10.3. The van der Waals surface area contributed by atoms with Gasteiger partial charge in [0, 0.05) is 18.9 Å². The molecule has 0 radical (unpaired) electrons. The Morgan fingerprint density at radius 1 is 1.24 bits per heavy atom. The number of nitrogens with zero attached hydrogens (tertiary/aromatic N) is 1. The van der Waals surface area contributed by atoms with Gasteiger partial charge in [-0.3, -0.25) is 4.98 Å². The van der Waals surface area contributed by atoms with Crippen molar-refractivity contribution in [1.29, 1.82) is 0 Å². The second kappa shape index (κ2) is 5.47. The minimum absolute atomic E-state index is 0.156. The number of rotatable bonds is 4. The first kappa shape index (κ1) is 13.9. The number of aliphatic hydroxyl groups excluding tert-OH is 1. The van der Waals surface area contributed by atoms with Gasteiger partial charge in [-0.05, 0) is 11.5 Å². The van der Waals surface area contributed by atoms with Crippen LogP contribution in [0.1, 0.15) is 32.4 Å². The van der Waals surface area contributed by atoms with Crippen molar-refractivity contribution in [2.75, 3.05) is 14.2 Å². The summed E-state index contributed by atoms with van der Waals surface area (Å²) in [5.41, 5.74) is 0.545. The van der Waals surface area contributed by atoms with Crippen LogP contribution in [0, 0.1) is 5.41 Å². The smallest absolute Gasteiger partial charge is 0.137 e. The zero-order chi connectivity index (χ0) is 13.1. The number of pyridine rings is 1. The summed E-state index contributed by atoms with van der Waals surface area (Å²) in [5, 5.41) is 10.3. The zero-order valence-electron chi connectivity index (χ0n) is 11.1. The predicted octanol–water partition coefficient (Wildman–Crippen LogP) is 2.18. The number of methoxy groups -OCH3 is 2. The van der Waals surface area contributed by atoms with Crippen LogP contribution in [0.4, 0.5) is 0 Å². The van der Waals surface area contributed by atoms with E-state index in [9.17, 15) is 5.11 Å². The molecule has 1 rings (SSSR count). The second-order valence-electron chi connectivity index (χ2n) is 5.13. The van der Waals surface area contributed by atoms with E-state index in [4.69, 9.17) is 9.47 Å². The van der Waals surface area contributed by atoms with Crippen LogP contribution in [0.25, 0.3) is 0 Å². The standard InChI is InChI=1S/C13H21NO3/c1-13(2,3)12(17-5)11(15)9-6-10(16-4)8-14-7-9/h6-8,11-12,15H,1-5H3. The molecule has 1 heterocycles. The van der Waals surface area contributed by atoms with Crippen LogP contribution in [0.2, 0.25) is 0 Å². The van der Waals surface area contributed by atoms with Crippen LogP contribution in [0.3, 0.4) is 0 Å². The van der Waals surface area contributed by atoms with E-state index in [1.165, 1.54) is 0 Å². The van der Waals surface area contributed by atoms with Gasteiger partial charge >= 0.3 is 0 Å². The highest BCUT2D eigenvalue weighted by molar-refractivity contribution is 5.26. The Hall–Kier alpha value is -1.13. The molecule has 0 spiro atoms. The molecule has 0 aliphatic rings. The lowest BCUT2D eigenvalue weighted by Gasteiger charge is -2.33. The first-order valence-electron chi connectivity index (χ1n) is 5.60. The van der Waals surface area contributed by atoms with Crippen molar-refractivity contribution in [2.24, 2.45) is 5.41 Å². The minimum atomic E-state index is -0.720. The van der Waals surface area contributed by atoms with E-state index in [2.05, 4.69) is 4.98 Å². The highest BCUT2D eigenvalue weighted by atomic mass is 16.5. The zero-order valence-corrected chi connectivity index (χ0v) is 11.1. The summed E-state index contributed by atoms with van der Waals surface area (Å²) in [6, 6.07) is 1.77. The number of aromatic nitrogens is 1. The van der Waals surface area contributed by atoms with Crippen molar-refractivity contribution in [3.63, 3.8) is 0 Å². The van der Waals surface area contributed by atoms with E-state index in [0.717, 1.165) is 0 Å². The van der Waals surface area contributed by atoms with Gasteiger partial charge in [-0.25, -0.2) is 0 Å². The normalized spacial score (nSPS) is 15.4. The Morgan fingerprint density at radius 3 is 2.35 bits per heavy atom. The molecule has 0 aliphatic heterocycles. The third kappa shape index (κ3) is 3.41. The fraction of sp³-hybridized carbons (Fsp3) is 0.615. The molecule has 1 N–H and O–H groups in total. The van der Waals surface area contributed by atoms with Crippen molar-refractivity contribution < 1.29 is 14.6 Å². The summed E-state index contributed by atoms with van der Waals surface area (Å²) in [6.45, 7) is 6.08. The lowest BCUT2D eigenvalue weighted by atomic mass is 9.83. The molecule has 0 bridgehead atoms. The highest BCUT2D eigenvalue weighted by Gasteiger charge is 2.32. The van der Waals surface area contributed by atoms with Gasteiger partial charge in [-0.2, -0.15) is 0 Å². The van der Waals surface area contributed by atoms with Crippen molar-refractivity contribution in [1.82, 2.24) is 4.98 Å². The summed E-state index contributed by atoms with van der Waals surface area (Å²) >= 11 is 0. The van der Waals surface area contributed by atoms with Crippen molar-refractivity contribution in [3.05, 3.63) is 24.0 Å². The summed E-state index contributed by atoms with van der Waals surface area (Å²) in [7, 11) is 3.18. The van der Waals surface area contributed by atoms with Gasteiger partial charge in [0.25, 0.3) is 0 Å². The molecular weight excluding hydrogens is 218 g/mol. The van der Waals surface area contributed by atoms with Crippen LogP contribution < -0.4 is 4.74 Å². The molecule has 0 saturated heterocycles. The van der Waals surface area contributed by atoms with E-state index >= 15 is 0 Å². The molecule has 0 fully saturated rings. The van der Waals surface area contributed by atoms with Crippen LogP contribution in [0.15, 0.2) is 18.5 Å². The Labute approximate surface area is 103 Å². The topological polar surface area (TPSA) is 51.6 Å². The van der Waals surface area contributed by atoms with Gasteiger partial charge in [0.1, 0.15) is 11.9 Å². The quantitative estimate of drug-likeness (QED) is 0.875. The predicted molar refractivity (Wildman–Crippen MR) is 66.0 cm³/mol. The van der Waals surface area contributed by atoms with Gasteiger partial charge in [-0.1, -0.05) is 20.8 Å². The lowest BCUT2D eigenvalue weighted by molar-refractivity contribution is -0.0725. The number of hydrogen-bond donors (Lipinski definition) is 1. The minimum Gasteiger partial charge on any atom is -0.495 e. The molecular formula is C13H21NO3. The average molecular weight is 239 g/mol. The van der Waals surface area contributed by atoms with E-state index in [1.807, 2.05) is 20.8 Å². The van der Waals surface area contributed by atoms with Crippen LogP contribution in [-0.2, 0) is 4.74 Å². The Morgan fingerprint density at radius 2 is 1.88 bits per heavy atom. The van der Waals surface area contributed by atoms with E-state index in [-0.39, 0.29) is 11.5 Å². The maximum absolute atomic E-state index is 10.3. The van der Waals surface area contributed by atoms with Crippen LogP contribution in [-0.4, -0.2) is 30.4 Å². The molecule has 1 aromatic rings. The molecule has 4 heteroatoms. The molecule has 0 saturated carbocycles. The van der Waals surface area contributed by atoms with Crippen LogP contribution >= 0.6 is 0 Å². The van der Waals surface area contributed by atoms with Gasteiger partial charge < -0.3 is 14.6 Å². The fourth-order valence-electron chi connectivity index (χ4n) is 1.84. The summed E-state index contributed by atoms with van der Waals surface area (Å²) in [4.78, 5) is 4.03. The maximum Gasteiger partial charge on any atom is 0.137 e. The molecule has 1 aromatic heterocycles. The largest absolute Gasteiger partial charge is 0.495 e. The summed E-state index contributed by atoms with van der Waals surface area (Å²) in [5.74, 6) is 0.630. The third-order valence-corrected chi connectivity index (χ3v) is 2.71. The molecule has 96 valence electrons. The molecule has 4 nitrogen and oxygen atoms in total. The SMILES string of the molecule is COc1cncc(C(O)C(OC)C(C)(C)C)c1. The first-order chi connectivity index (χ1) is 7.90.